The highest BCUT2D eigenvalue weighted by Gasteiger charge is 2.59. The number of nitriles is 2. The summed E-state index contributed by atoms with van der Waals surface area (Å²) in [5.74, 6) is -1.15. The van der Waals surface area contributed by atoms with Crippen molar-refractivity contribution in [3.8, 4) is 12.1 Å². The Kier molecular flexibility index (Phi) is 17.0. The normalized spacial score (nSPS) is 26.5. The van der Waals surface area contributed by atoms with E-state index in [1.54, 1.807) is 19.9 Å². The molecule has 2 saturated heterocycles. The Morgan fingerprint density at radius 3 is 1.60 bits per heavy atom. The molecule has 11 N–H and O–H groups in total. The van der Waals surface area contributed by atoms with Gasteiger partial charge in [-0.15, -0.1) is 0 Å². The molecule has 0 unspecified atom stereocenters. The summed E-state index contributed by atoms with van der Waals surface area (Å²) in [6.45, 7) is 4.94. The van der Waals surface area contributed by atoms with Crippen LogP contribution in [0, 0.1) is 22.7 Å². The molecule has 340 valence electrons. The number of fused-ring (bicyclic) bond motifs is 2. The summed E-state index contributed by atoms with van der Waals surface area (Å²) >= 11 is 0. The Labute approximate surface area is 355 Å². The van der Waals surface area contributed by atoms with Gasteiger partial charge >= 0.3 is 19.6 Å². The third-order valence-electron chi connectivity index (χ3n) is 9.58. The Hall–Kier alpha value is -5.41. The second-order valence-electron chi connectivity index (χ2n) is 13.4. The maximum Gasteiger partial charge on any atom is 0.342 e. The summed E-state index contributed by atoms with van der Waals surface area (Å²) in [7, 11) is -4.24. The number of rotatable bonds is 14. The van der Waals surface area contributed by atoms with Crippen molar-refractivity contribution in [1.29, 1.82) is 10.5 Å². The number of aliphatic hydroxyl groups excluding tert-OH is 5. The number of aliphatic hydroxyl groups is 5. The number of nitrogens with zero attached hydrogens (tertiary/aromatic N) is 8. The quantitative estimate of drug-likeness (QED) is 0.0529. The summed E-state index contributed by atoms with van der Waals surface area (Å²) in [6, 6.07) is 7.55. The van der Waals surface area contributed by atoms with Gasteiger partial charge in [-0.05, 0) is 52.0 Å². The van der Waals surface area contributed by atoms with E-state index in [1.807, 2.05) is 12.1 Å². The van der Waals surface area contributed by atoms with Gasteiger partial charge in [0.15, 0.2) is 11.6 Å². The van der Waals surface area contributed by atoms with Gasteiger partial charge in [0.05, 0.1) is 37.8 Å². The molecule has 62 heavy (non-hydrogen) atoms. The Balaban J connectivity index is 0.000000375. The van der Waals surface area contributed by atoms with Crippen molar-refractivity contribution >= 4 is 42.3 Å². The lowest BCUT2D eigenvalue weighted by atomic mass is 9.92. The molecule has 0 aromatic carbocycles. The molecule has 6 rings (SSSR count). The molecular weight excluding hydrogens is 839 g/mol. The molecular formula is C36H53N12O13P. The minimum atomic E-state index is -4.24. The molecule has 2 fully saturated rings. The van der Waals surface area contributed by atoms with Crippen LogP contribution in [0.15, 0.2) is 36.9 Å². The van der Waals surface area contributed by atoms with Crippen LogP contribution in [0.1, 0.15) is 53.9 Å². The monoisotopic (exact) mass is 892 g/mol. The fourth-order valence-corrected chi connectivity index (χ4v) is 8.36. The maximum atomic E-state index is 13.7. The number of nitrogen functional groups attached to an aromatic ring is 2. The lowest BCUT2D eigenvalue weighted by Crippen LogP contribution is -2.43. The van der Waals surface area contributed by atoms with Crippen LogP contribution < -0.4 is 21.6 Å². The molecule has 0 bridgehead atoms. The first-order chi connectivity index (χ1) is 28.5. The molecule has 2 aliphatic rings. The second-order valence-corrected chi connectivity index (χ2v) is 15.3. The fraction of sp³-hybridized carbons (Fsp3) is 0.556. The lowest BCUT2D eigenvalue weighted by Gasteiger charge is -2.27. The van der Waals surface area contributed by atoms with E-state index in [-0.39, 0.29) is 51.1 Å². The molecule has 0 aliphatic carbocycles. The smallest absolute Gasteiger partial charge is 0.342 e. The van der Waals surface area contributed by atoms with Crippen LogP contribution in [0.2, 0.25) is 0 Å². The number of anilines is 2. The minimum absolute atomic E-state index is 0. The average Bonchev–Trinajstić information content (AvgIpc) is 3.98. The lowest BCUT2D eigenvalue weighted by molar-refractivity contribution is -0.145. The van der Waals surface area contributed by atoms with Crippen molar-refractivity contribution in [2.75, 3.05) is 37.9 Å². The average molecular weight is 893 g/mol. The molecule has 25 nitrogen and oxygen atoms in total. The summed E-state index contributed by atoms with van der Waals surface area (Å²) in [6.07, 6.45) is -6.46. The van der Waals surface area contributed by atoms with E-state index in [0.717, 1.165) is 6.33 Å². The van der Waals surface area contributed by atoms with Crippen LogP contribution in [0.3, 0.4) is 0 Å². The van der Waals surface area contributed by atoms with Crippen LogP contribution in [0.4, 0.5) is 11.6 Å². The number of esters is 2. The number of carbonyl (C=O) groups is 2. The summed E-state index contributed by atoms with van der Waals surface area (Å²) < 4.78 is 42.9. The van der Waals surface area contributed by atoms with Gasteiger partial charge in [-0.2, -0.15) is 20.7 Å². The second kappa shape index (κ2) is 20.6. The third-order valence-corrected chi connectivity index (χ3v) is 11.5. The summed E-state index contributed by atoms with van der Waals surface area (Å²) in [4.78, 5) is 32.0. The van der Waals surface area contributed by atoms with E-state index in [2.05, 4.69) is 30.3 Å². The van der Waals surface area contributed by atoms with E-state index >= 15 is 0 Å². The molecule has 10 atom stereocenters. The van der Waals surface area contributed by atoms with Crippen molar-refractivity contribution in [3.05, 3.63) is 48.3 Å². The van der Waals surface area contributed by atoms with Crippen molar-refractivity contribution in [2.45, 2.75) is 102 Å². The number of hydrogen-bond donors (Lipinski definition) is 9. The van der Waals surface area contributed by atoms with Crippen LogP contribution in [-0.2, 0) is 48.8 Å². The van der Waals surface area contributed by atoms with Crippen molar-refractivity contribution < 1.29 is 63.2 Å². The van der Waals surface area contributed by atoms with Crippen LogP contribution in [-0.4, -0.2) is 142 Å². The van der Waals surface area contributed by atoms with Crippen molar-refractivity contribution in [2.24, 2.45) is 0 Å². The zero-order chi connectivity index (χ0) is 44.2. The zero-order valence-corrected chi connectivity index (χ0v) is 33.5. The zero-order valence-electron chi connectivity index (χ0n) is 32.6. The van der Waals surface area contributed by atoms with Gasteiger partial charge < -0.3 is 60.5 Å². The van der Waals surface area contributed by atoms with Gasteiger partial charge in [0.2, 0.25) is 11.2 Å². The van der Waals surface area contributed by atoms with E-state index < -0.39 is 92.7 Å². The Bertz CT molecular complexity index is 2290. The van der Waals surface area contributed by atoms with Gasteiger partial charge in [0.1, 0.15) is 84.5 Å². The van der Waals surface area contributed by atoms with Gasteiger partial charge in [-0.3, -0.25) is 14.2 Å². The van der Waals surface area contributed by atoms with Gasteiger partial charge in [-0.25, -0.2) is 29.2 Å². The highest BCUT2D eigenvalue weighted by molar-refractivity contribution is 7.54. The van der Waals surface area contributed by atoms with E-state index in [1.165, 1.54) is 47.4 Å². The largest absolute Gasteiger partial charge is 0.465 e. The molecule has 4 aromatic rings. The first-order valence-electron chi connectivity index (χ1n) is 18.3. The predicted octanol–water partition coefficient (Wildman–Crippen LogP) is -1.23. The maximum absolute atomic E-state index is 13.7. The standard InChI is InChI=1S/C22H32N7O9P.C12H13N5O4.2CH4/c1-5-35-20(32)12(3)27-39(34,28-13(4)21(33)36-6-2)37-9-15-17(30)18(31)22(10-23,38-15)16-8-7-14-19(24)25-11-26-29(14)16;13-4-12(10(20)9(19)7(3-18)21-12)8-2-1-6-11(14)15-5-16-17(6)8;;/h7-8,11-13,15,17-18,30-31H,5-6,9H2,1-4H3,(H2,24,25,26)(H2,27,28,34);1-2,5,7,9-10,18-20H,3H2,(H2,14,15,16);2*1H4/t12-,13-,15+,17+,18+,22-;7-,9-,10-,12+;;/m01../s1. The van der Waals surface area contributed by atoms with Gasteiger partial charge in [0, 0.05) is 0 Å². The number of hydrogen-bond acceptors (Lipinski definition) is 21. The van der Waals surface area contributed by atoms with E-state index in [9.17, 15) is 50.2 Å². The Morgan fingerprint density at radius 2 is 1.23 bits per heavy atom. The molecule has 6 heterocycles. The highest BCUT2D eigenvalue weighted by Crippen LogP contribution is 2.44. The Morgan fingerprint density at radius 1 is 0.823 bits per heavy atom. The minimum Gasteiger partial charge on any atom is -0.465 e. The number of nitrogens with two attached hydrogens (primary N) is 2. The molecule has 0 saturated carbocycles. The molecule has 26 heteroatoms. The summed E-state index contributed by atoms with van der Waals surface area (Å²) in [5, 5.41) is 83.5. The number of nitrogens with one attached hydrogen (secondary N) is 2. The molecule has 4 aromatic heterocycles. The molecule has 0 amide bonds. The van der Waals surface area contributed by atoms with Crippen molar-refractivity contribution in [3.63, 3.8) is 0 Å². The number of ether oxygens (including phenoxy) is 4. The molecule has 2 aliphatic heterocycles. The van der Waals surface area contributed by atoms with Crippen LogP contribution in [0.25, 0.3) is 11.0 Å². The van der Waals surface area contributed by atoms with Crippen molar-refractivity contribution in [1.82, 2.24) is 39.4 Å². The third kappa shape index (κ3) is 9.48. The van der Waals surface area contributed by atoms with Gasteiger partial charge in [0.25, 0.3) is 0 Å². The first-order valence-corrected chi connectivity index (χ1v) is 19.9. The molecule has 0 radical (unpaired) electrons. The predicted molar refractivity (Wildman–Crippen MR) is 216 cm³/mol. The number of aromatic nitrogens is 6. The molecule has 0 spiro atoms. The van der Waals surface area contributed by atoms with Crippen LogP contribution in [0.5, 0.6) is 0 Å². The SMILES string of the molecule is C.C.CCOC(=O)[C@H](C)NP(=O)(N[C@@H](C)C(=O)OCC)OC[C@H]1O[C@@](C#N)(c2ccc3c(N)ncnn23)[C@H](O)[C@@H]1O.N#C[C@@]1(c2ccc3c(N)ncnn23)O[C@H](CO)[C@@H](O)[C@H]1O. The fourth-order valence-electron chi connectivity index (χ4n) is 6.55. The highest BCUT2D eigenvalue weighted by atomic mass is 31.2. The topological polar surface area (TPSA) is 383 Å². The number of carbonyl (C=O) groups excluding carboxylic acids is 2. The summed E-state index contributed by atoms with van der Waals surface area (Å²) in [5.41, 5.74) is 8.68. The van der Waals surface area contributed by atoms with E-state index in [0.29, 0.717) is 11.0 Å². The first kappa shape index (κ1) is 50.9. The van der Waals surface area contributed by atoms with Gasteiger partial charge in [-0.1, -0.05) is 14.9 Å². The van der Waals surface area contributed by atoms with E-state index in [4.69, 9.17) is 34.9 Å². The van der Waals surface area contributed by atoms with Crippen LogP contribution >= 0.6 is 7.67 Å².